The second kappa shape index (κ2) is 4.90. The maximum atomic E-state index is 9.65. The molecule has 5 heteroatoms. The lowest BCUT2D eigenvalue weighted by molar-refractivity contribution is 0.138. The SMILES string of the molecule is N#Cc1nccnc1NCC1CCCC1O. The van der Waals surface area contributed by atoms with Gasteiger partial charge in [0.15, 0.2) is 11.5 Å². The van der Waals surface area contributed by atoms with Crippen LogP contribution in [0.15, 0.2) is 12.4 Å². The van der Waals surface area contributed by atoms with E-state index in [1.807, 2.05) is 6.07 Å². The third kappa shape index (κ3) is 2.28. The number of hydrogen-bond acceptors (Lipinski definition) is 5. The molecule has 1 aromatic heterocycles. The van der Waals surface area contributed by atoms with E-state index in [-0.39, 0.29) is 12.0 Å². The van der Waals surface area contributed by atoms with Gasteiger partial charge in [-0.2, -0.15) is 5.26 Å². The number of nitrogens with one attached hydrogen (secondary N) is 1. The third-order valence-electron chi connectivity index (χ3n) is 2.95. The van der Waals surface area contributed by atoms with Gasteiger partial charge in [0, 0.05) is 24.9 Å². The molecule has 1 heterocycles. The smallest absolute Gasteiger partial charge is 0.182 e. The summed E-state index contributed by atoms with van der Waals surface area (Å²) in [7, 11) is 0. The lowest BCUT2D eigenvalue weighted by Crippen LogP contribution is -2.22. The molecule has 0 spiro atoms. The maximum absolute atomic E-state index is 9.65. The minimum atomic E-state index is -0.227. The lowest BCUT2D eigenvalue weighted by Gasteiger charge is -2.15. The highest BCUT2D eigenvalue weighted by Crippen LogP contribution is 2.25. The van der Waals surface area contributed by atoms with E-state index in [0.29, 0.717) is 18.1 Å². The van der Waals surface area contributed by atoms with Crippen molar-refractivity contribution in [1.29, 1.82) is 5.26 Å². The van der Waals surface area contributed by atoms with Crippen LogP contribution in [0.3, 0.4) is 0 Å². The van der Waals surface area contributed by atoms with Crippen LogP contribution in [0.1, 0.15) is 25.0 Å². The Morgan fingerprint density at radius 1 is 1.44 bits per heavy atom. The van der Waals surface area contributed by atoms with Gasteiger partial charge in [0.1, 0.15) is 6.07 Å². The van der Waals surface area contributed by atoms with E-state index in [4.69, 9.17) is 5.26 Å². The van der Waals surface area contributed by atoms with E-state index in [9.17, 15) is 5.11 Å². The zero-order valence-electron chi connectivity index (χ0n) is 8.93. The number of aliphatic hydroxyl groups excluding tert-OH is 1. The Labute approximate surface area is 94.2 Å². The zero-order chi connectivity index (χ0) is 11.4. The van der Waals surface area contributed by atoms with Crippen LogP contribution in [-0.4, -0.2) is 27.7 Å². The molecule has 1 fully saturated rings. The van der Waals surface area contributed by atoms with Crippen molar-refractivity contribution in [2.45, 2.75) is 25.4 Å². The van der Waals surface area contributed by atoms with Gasteiger partial charge in [0.25, 0.3) is 0 Å². The summed E-state index contributed by atoms with van der Waals surface area (Å²) in [6.07, 6.45) is 5.78. The van der Waals surface area contributed by atoms with Gasteiger partial charge in [-0.25, -0.2) is 9.97 Å². The first-order valence-corrected chi connectivity index (χ1v) is 5.44. The van der Waals surface area contributed by atoms with Crippen molar-refractivity contribution >= 4 is 5.82 Å². The first-order chi connectivity index (χ1) is 7.81. The highest BCUT2D eigenvalue weighted by Gasteiger charge is 2.25. The van der Waals surface area contributed by atoms with Crippen LogP contribution in [0.2, 0.25) is 0 Å². The predicted molar refractivity (Wildman–Crippen MR) is 58.6 cm³/mol. The molecule has 16 heavy (non-hydrogen) atoms. The van der Waals surface area contributed by atoms with Crippen molar-refractivity contribution in [3.63, 3.8) is 0 Å². The fourth-order valence-electron chi connectivity index (χ4n) is 2.03. The van der Waals surface area contributed by atoms with E-state index in [2.05, 4.69) is 15.3 Å². The van der Waals surface area contributed by atoms with Gasteiger partial charge in [-0.1, -0.05) is 6.42 Å². The molecule has 84 valence electrons. The predicted octanol–water partition coefficient (Wildman–Crippen LogP) is 0.921. The minimum absolute atomic E-state index is 0.227. The molecule has 0 saturated heterocycles. The second-order valence-electron chi connectivity index (χ2n) is 4.00. The van der Waals surface area contributed by atoms with Crippen molar-refractivity contribution < 1.29 is 5.11 Å². The number of anilines is 1. The molecule has 1 aromatic rings. The standard InChI is InChI=1S/C11H14N4O/c12-6-9-11(14-5-4-13-9)15-7-8-2-1-3-10(8)16/h4-5,8,10,16H,1-3,7H2,(H,14,15). The number of nitrogens with zero attached hydrogens (tertiary/aromatic N) is 3. The maximum Gasteiger partial charge on any atom is 0.182 e. The summed E-state index contributed by atoms with van der Waals surface area (Å²) in [6.45, 7) is 0.647. The van der Waals surface area contributed by atoms with Gasteiger partial charge in [0.2, 0.25) is 0 Å². The Balaban J connectivity index is 1.97. The van der Waals surface area contributed by atoms with Gasteiger partial charge in [-0.3, -0.25) is 0 Å². The summed E-state index contributed by atoms with van der Waals surface area (Å²) in [4.78, 5) is 7.97. The van der Waals surface area contributed by atoms with Gasteiger partial charge < -0.3 is 10.4 Å². The number of rotatable bonds is 3. The molecule has 1 aliphatic rings. The highest BCUT2D eigenvalue weighted by atomic mass is 16.3. The summed E-state index contributed by atoms with van der Waals surface area (Å²) in [5.41, 5.74) is 0.301. The largest absolute Gasteiger partial charge is 0.393 e. The van der Waals surface area contributed by atoms with Gasteiger partial charge in [0.05, 0.1) is 6.10 Å². The summed E-state index contributed by atoms with van der Waals surface area (Å²) in [6, 6.07) is 1.98. The summed E-state index contributed by atoms with van der Waals surface area (Å²) in [5.74, 6) is 0.762. The molecule has 1 saturated carbocycles. The van der Waals surface area contributed by atoms with Crippen LogP contribution in [-0.2, 0) is 0 Å². The average Bonchev–Trinajstić information content (AvgIpc) is 2.72. The molecule has 0 aliphatic heterocycles. The van der Waals surface area contributed by atoms with Crippen LogP contribution in [0.25, 0.3) is 0 Å². The normalized spacial score (nSPS) is 24.0. The van der Waals surface area contributed by atoms with E-state index in [0.717, 1.165) is 19.3 Å². The van der Waals surface area contributed by atoms with Crippen LogP contribution >= 0.6 is 0 Å². The first kappa shape index (κ1) is 10.8. The van der Waals surface area contributed by atoms with E-state index >= 15 is 0 Å². The van der Waals surface area contributed by atoms with Crippen LogP contribution in [0.5, 0.6) is 0 Å². The fourth-order valence-corrected chi connectivity index (χ4v) is 2.03. The van der Waals surface area contributed by atoms with E-state index in [1.54, 1.807) is 6.20 Å². The molecule has 0 bridgehead atoms. The second-order valence-corrected chi connectivity index (χ2v) is 4.00. The Bertz CT molecular complexity index is 401. The molecule has 0 amide bonds. The molecule has 5 nitrogen and oxygen atoms in total. The summed E-state index contributed by atoms with van der Waals surface area (Å²) >= 11 is 0. The van der Waals surface area contributed by atoms with Crippen molar-refractivity contribution in [2.24, 2.45) is 5.92 Å². The Kier molecular flexibility index (Phi) is 3.32. The quantitative estimate of drug-likeness (QED) is 0.788. The Hall–Kier alpha value is -1.67. The summed E-state index contributed by atoms with van der Waals surface area (Å²) in [5, 5.41) is 21.6. The molecule has 2 unspecified atom stereocenters. The van der Waals surface area contributed by atoms with Crippen molar-refractivity contribution in [3.05, 3.63) is 18.1 Å². The number of hydrogen-bond donors (Lipinski definition) is 2. The van der Waals surface area contributed by atoms with Crippen molar-refractivity contribution in [2.75, 3.05) is 11.9 Å². The molecule has 0 aromatic carbocycles. The monoisotopic (exact) mass is 218 g/mol. The van der Waals surface area contributed by atoms with Gasteiger partial charge in [-0.05, 0) is 12.8 Å². The van der Waals surface area contributed by atoms with Gasteiger partial charge >= 0.3 is 0 Å². The molecular weight excluding hydrogens is 204 g/mol. The third-order valence-corrected chi connectivity index (χ3v) is 2.95. The lowest BCUT2D eigenvalue weighted by atomic mass is 10.1. The topological polar surface area (TPSA) is 81.8 Å². The number of aliphatic hydroxyl groups is 1. The minimum Gasteiger partial charge on any atom is -0.393 e. The van der Waals surface area contributed by atoms with Crippen molar-refractivity contribution in [3.8, 4) is 6.07 Å². The van der Waals surface area contributed by atoms with Crippen LogP contribution in [0, 0.1) is 17.2 Å². The van der Waals surface area contributed by atoms with E-state index < -0.39 is 0 Å². The first-order valence-electron chi connectivity index (χ1n) is 5.44. The van der Waals surface area contributed by atoms with Crippen molar-refractivity contribution in [1.82, 2.24) is 9.97 Å². The molecule has 0 radical (unpaired) electrons. The average molecular weight is 218 g/mol. The molecular formula is C11H14N4O. The molecule has 1 aliphatic carbocycles. The fraction of sp³-hybridized carbons (Fsp3) is 0.545. The zero-order valence-corrected chi connectivity index (χ0v) is 8.93. The molecule has 2 rings (SSSR count). The van der Waals surface area contributed by atoms with Crippen LogP contribution in [0.4, 0.5) is 5.82 Å². The molecule has 2 atom stereocenters. The van der Waals surface area contributed by atoms with Gasteiger partial charge in [-0.15, -0.1) is 0 Å². The Morgan fingerprint density at radius 3 is 2.94 bits per heavy atom. The van der Waals surface area contributed by atoms with E-state index in [1.165, 1.54) is 6.20 Å². The Morgan fingerprint density at radius 2 is 2.25 bits per heavy atom. The highest BCUT2D eigenvalue weighted by molar-refractivity contribution is 5.46. The molecule has 2 N–H and O–H groups in total. The number of nitriles is 1. The number of aromatic nitrogens is 2. The summed E-state index contributed by atoms with van der Waals surface area (Å²) < 4.78 is 0. The van der Waals surface area contributed by atoms with Crippen LogP contribution < -0.4 is 5.32 Å².